The molecule has 0 amide bonds. The van der Waals surface area contributed by atoms with Crippen LogP contribution in [-0.2, 0) is 12.8 Å². The number of oxazole rings is 1. The Bertz CT molecular complexity index is 514. The van der Waals surface area contributed by atoms with Gasteiger partial charge in [-0.1, -0.05) is 20.8 Å². The second-order valence-corrected chi connectivity index (χ2v) is 4.99. The normalized spacial score (nSPS) is 11.5. The fraction of sp³-hybridized carbons (Fsp3) is 0.500. The summed E-state index contributed by atoms with van der Waals surface area (Å²) in [5.41, 5.74) is 9.58. The van der Waals surface area contributed by atoms with E-state index in [0.29, 0.717) is 11.6 Å². The van der Waals surface area contributed by atoms with Gasteiger partial charge in [-0.15, -0.1) is 0 Å². The van der Waals surface area contributed by atoms with Gasteiger partial charge < -0.3 is 10.2 Å². The highest BCUT2D eigenvalue weighted by molar-refractivity contribution is 5.85. The highest BCUT2D eigenvalue weighted by Crippen LogP contribution is 2.25. The highest BCUT2D eigenvalue weighted by Gasteiger charge is 2.10. The quantitative estimate of drug-likeness (QED) is 0.820. The summed E-state index contributed by atoms with van der Waals surface area (Å²) in [5.74, 6) is 1.41. The van der Waals surface area contributed by atoms with E-state index in [2.05, 4.69) is 31.8 Å². The lowest BCUT2D eigenvalue weighted by atomic mass is 10.0. The number of anilines is 1. The van der Waals surface area contributed by atoms with E-state index in [1.165, 1.54) is 5.56 Å². The Kier molecular flexibility index (Phi) is 3.36. The van der Waals surface area contributed by atoms with Crippen LogP contribution in [0.3, 0.4) is 0 Å². The molecule has 0 fully saturated rings. The third kappa shape index (κ3) is 2.60. The molecule has 0 radical (unpaired) electrons. The maximum Gasteiger partial charge on any atom is 0.195 e. The summed E-state index contributed by atoms with van der Waals surface area (Å²) in [4.78, 5) is 4.48. The molecule has 2 aromatic rings. The minimum atomic E-state index is 0.619. The average molecular weight is 232 g/mol. The van der Waals surface area contributed by atoms with Gasteiger partial charge in [-0.3, -0.25) is 0 Å². The third-order valence-electron chi connectivity index (χ3n) is 2.73. The fourth-order valence-corrected chi connectivity index (χ4v) is 2.08. The van der Waals surface area contributed by atoms with Gasteiger partial charge in [0, 0.05) is 6.42 Å². The SMILES string of the molecule is CCCc1nc2cc(CC(C)C)cc(N)c2o1. The number of aromatic nitrogens is 1. The van der Waals surface area contributed by atoms with E-state index < -0.39 is 0 Å². The largest absolute Gasteiger partial charge is 0.439 e. The predicted octanol–water partition coefficient (Wildman–Crippen LogP) is 3.56. The van der Waals surface area contributed by atoms with Crippen molar-refractivity contribution in [1.82, 2.24) is 4.98 Å². The first-order valence-corrected chi connectivity index (χ1v) is 6.28. The molecule has 1 aromatic heterocycles. The number of hydrogen-bond acceptors (Lipinski definition) is 3. The number of rotatable bonds is 4. The molecule has 2 N–H and O–H groups in total. The standard InChI is InChI=1S/C14H20N2O/c1-4-5-13-16-12-8-10(6-9(2)3)7-11(15)14(12)17-13/h7-9H,4-6,15H2,1-3H3. The summed E-state index contributed by atoms with van der Waals surface area (Å²) in [5, 5.41) is 0. The second kappa shape index (κ2) is 4.78. The maximum absolute atomic E-state index is 6.01. The van der Waals surface area contributed by atoms with Crippen LogP contribution in [0.4, 0.5) is 5.69 Å². The molecule has 0 saturated carbocycles. The summed E-state index contributed by atoms with van der Waals surface area (Å²) in [6.45, 7) is 6.51. The third-order valence-corrected chi connectivity index (χ3v) is 2.73. The van der Waals surface area contributed by atoms with Crippen molar-refractivity contribution in [2.45, 2.75) is 40.0 Å². The van der Waals surface area contributed by atoms with Gasteiger partial charge in [-0.05, 0) is 36.5 Å². The first kappa shape index (κ1) is 12.0. The van der Waals surface area contributed by atoms with Gasteiger partial charge in [0.25, 0.3) is 0 Å². The van der Waals surface area contributed by atoms with Gasteiger partial charge in [0.05, 0.1) is 5.69 Å². The summed E-state index contributed by atoms with van der Waals surface area (Å²) < 4.78 is 5.66. The summed E-state index contributed by atoms with van der Waals surface area (Å²) >= 11 is 0. The molecule has 0 aliphatic rings. The zero-order chi connectivity index (χ0) is 12.4. The molecule has 0 aliphatic carbocycles. The first-order valence-electron chi connectivity index (χ1n) is 6.28. The average Bonchev–Trinajstić information content (AvgIpc) is 2.60. The molecule has 0 spiro atoms. The molecule has 17 heavy (non-hydrogen) atoms. The lowest BCUT2D eigenvalue weighted by molar-refractivity contribution is 0.526. The minimum Gasteiger partial charge on any atom is -0.439 e. The Morgan fingerprint density at radius 1 is 1.35 bits per heavy atom. The molecule has 1 aromatic carbocycles. The molecule has 0 saturated heterocycles. The van der Waals surface area contributed by atoms with E-state index in [1.54, 1.807) is 0 Å². The topological polar surface area (TPSA) is 52.0 Å². The van der Waals surface area contributed by atoms with Crippen molar-refractivity contribution >= 4 is 16.8 Å². The van der Waals surface area contributed by atoms with E-state index in [1.807, 2.05) is 6.07 Å². The molecular weight excluding hydrogens is 212 g/mol. The molecule has 1 heterocycles. The number of hydrogen-bond donors (Lipinski definition) is 1. The van der Waals surface area contributed by atoms with Gasteiger partial charge in [-0.25, -0.2) is 4.98 Å². The van der Waals surface area contributed by atoms with Gasteiger partial charge in [0.15, 0.2) is 11.5 Å². The van der Waals surface area contributed by atoms with Crippen LogP contribution in [-0.4, -0.2) is 4.98 Å². The second-order valence-electron chi connectivity index (χ2n) is 4.99. The molecule has 3 nitrogen and oxygen atoms in total. The van der Waals surface area contributed by atoms with E-state index in [-0.39, 0.29) is 0 Å². The first-order chi connectivity index (χ1) is 8.10. The Morgan fingerprint density at radius 3 is 2.76 bits per heavy atom. The van der Waals surface area contributed by atoms with Crippen LogP contribution in [0.25, 0.3) is 11.1 Å². The summed E-state index contributed by atoms with van der Waals surface area (Å²) in [6, 6.07) is 4.09. The van der Waals surface area contributed by atoms with Gasteiger partial charge >= 0.3 is 0 Å². The van der Waals surface area contributed by atoms with Crippen LogP contribution >= 0.6 is 0 Å². The van der Waals surface area contributed by atoms with E-state index >= 15 is 0 Å². The van der Waals surface area contributed by atoms with Crippen LogP contribution in [0.1, 0.15) is 38.6 Å². The Morgan fingerprint density at radius 2 is 2.12 bits per heavy atom. The number of aryl methyl sites for hydroxylation is 1. The van der Waals surface area contributed by atoms with Crippen LogP contribution in [0, 0.1) is 5.92 Å². The maximum atomic E-state index is 6.01. The predicted molar refractivity (Wildman–Crippen MR) is 71.0 cm³/mol. The molecular formula is C14H20N2O. The number of fused-ring (bicyclic) bond motifs is 1. The van der Waals surface area contributed by atoms with Crippen LogP contribution in [0.2, 0.25) is 0 Å². The van der Waals surface area contributed by atoms with Gasteiger partial charge in [0.2, 0.25) is 0 Å². The fourth-order valence-electron chi connectivity index (χ4n) is 2.08. The van der Waals surface area contributed by atoms with Crippen molar-refractivity contribution in [1.29, 1.82) is 0 Å². The smallest absolute Gasteiger partial charge is 0.195 e. The number of nitrogens with zero attached hydrogens (tertiary/aromatic N) is 1. The lowest BCUT2D eigenvalue weighted by Crippen LogP contribution is -1.96. The molecule has 92 valence electrons. The summed E-state index contributed by atoms with van der Waals surface area (Å²) in [6.07, 6.45) is 2.93. The van der Waals surface area contributed by atoms with E-state index in [0.717, 1.165) is 36.3 Å². The highest BCUT2D eigenvalue weighted by atomic mass is 16.3. The van der Waals surface area contributed by atoms with Crippen LogP contribution in [0.15, 0.2) is 16.5 Å². The monoisotopic (exact) mass is 232 g/mol. The Balaban J connectivity index is 2.42. The van der Waals surface area contributed by atoms with Crippen molar-refractivity contribution in [3.63, 3.8) is 0 Å². The zero-order valence-corrected chi connectivity index (χ0v) is 10.8. The van der Waals surface area contributed by atoms with E-state index in [4.69, 9.17) is 10.2 Å². The molecule has 0 aliphatic heterocycles. The van der Waals surface area contributed by atoms with Crippen LogP contribution < -0.4 is 5.73 Å². The lowest BCUT2D eigenvalue weighted by Gasteiger charge is -2.05. The van der Waals surface area contributed by atoms with Crippen molar-refractivity contribution < 1.29 is 4.42 Å². The number of benzene rings is 1. The van der Waals surface area contributed by atoms with Gasteiger partial charge in [-0.2, -0.15) is 0 Å². The van der Waals surface area contributed by atoms with Gasteiger partial charge in [0.1, 0.15) is 5.52 Å². The van der Waals surface area contributed by atoms with E-state index in [9.17, 15) is 0 Å². The number of nitrogen functional groups attached to an aromatic ring is 1. The molecule has 0 atom stereocenters. The Hall–Kier alpha value is -1.51. The number of nitrogens with two attached hydrogens (primary N) is 1. The summed E-state index contributed by atoms with van der Waals surface area (Å²) in [7, 11) is 0. The van der Waals surface area contributed by atoms with Crippen molar-refractivity contribution in [3.8, 4) is 0 Å². The molecule has 0 bridgehead atoms. The molecule has 0 unspecified atom stereocenters. The molecule has 2 rings (SSSR count). The molecule has 3 heteroatoms. The van der Waals surface area contributed by atoms with Crippen LogP contribution in [0.5, 0.6) is 0 Å². The zero-order valence-electron chi connectivity index (χ0n) is 10.8. The van der Waals surface area contributed by atoms with Crippen molar-refractivity contribution in [2.75, 3.05) is 5.73 Å². The minimum absolute atomic E-state index is 0.619. The Labute approximate surface area is 102 Å². The van der Waals surface area contributed by atoms with Crippen molar-refractivity contribution in [2.24, 2.45) is 5.92 Å². The van der Waals surface area contributed by atoms with Crippen molar-refractivity contribution in [3.05, 3.63) is 23.6 Å².